The lowest BCUT2D eigenvalue weighted by molar-refractivity contribution is -0.143. The smallest absolute Gasteiger partial charge is 0.326 e. The van der Waals surface area contributed by atoms with Gasteiger partial charge in [0.2, 0.25) is 17.7 Å². The standard InChI is InChI=1S/C23H33N5O7S/c1-12(30)19(28-21(32)18(11-29)27-20(31)15(24)7-8-36-2)22(33)26-17(23(34)35)9-13-10-25-16-6-4-3-5-14(13)16/h3-6,10,12,15,17-19,25,29-30H,7-9,11,24H2,1-2H3,(H,26,33)(H,27,31)(H,28,32)(H,34,35). The number of nitrogens with one attached hydrogen (secondary N) is 4. The molecule has 5 atom stereocenters. The number of amides is 3. The fraction of sp³-hybridized carbons (Fsp3) is 0.478. The van der Waals surface area contributed by atoms with Gasteiger partial charge >= 0.3 is 5.97 Å². The van der Waals surface area contributed by atoms with Crippen LogP contribution in [0.1, 0.15) is 18.9 Å². The van der Waals surface area contributed by atoms with Gasteiger partial charge in [0.05, 0.1) is 18.8 Å². The van der Waals surface area contributed by atoms with Gasteiger partial charge in [-0.05, 0) is 37.0 Å². The maximum atomic E-state index is 12.9. The summed E-state index contributed by atoms with van der Waals surface area (Å²) >= 11 is 1.50. The zero-order valence-electron chi connectivity index (χ0n) is 20.1. The third-order valence-electron chi connectivity index (χ3n) is 5.56. The number of thioether (sulfide) groups is 1. The summed E-state index contributed by atoms with van der Waals surface area (Å²) in [6.45, 7) is 0.462. The van der Waals surface area contributed by atoms with Crippen molar-refractivity contribution in [3.8, 4) is 0 Å². The summed E-state index contributed by atoms with van der Waals surface area (Å²) in [5.41, 5.74) is 7.25. The molecule has 0 aliphatic rings. The number of nitrogens with two attached hydrogens (primary N) is 1. The van der Waals surface area contributed by atoms with Gasteiger partial charge in [-0.25, -0.2) is 4.79 Å². The molecule has 0 spiro atoms. The molecule has 9 N–H and O–H groups in total. The molecule has 198 valence electrons. The van der Waals surface area contributed by atoms with Crippen LogP contribution >= 0.6 is 11.8 Å². The molecule has 36 heavy (non-hydrogen) atoms. The number of benzene rings is 1. The number of aliphatic hydroxyl groups is 2. The summed E-state index contributed by atoms with van der Waals surface area (Å²) in [5, 5.41) is 37.1. The van der Waals surface area contributed by atoms with Crippen molar-refractivity contribution >= 4 is 46.4 Å². The van der Waals surface area contributed by atoms with E-state index >= 15 is 0 Å². The normalized spacial score (nSPS) is 15.4. The number of aromatic nitrogens is 1. The molecule has 1 heterocycles. The van der Waals surface area contributed by atoms with Crippen LogP contribution in [0.2, 0.25) is 0 Å². The van der Waals surface area contributed by atoms with Crippen molar-refractivity contribution in [3.63, 3.8) is 0 Å². The SMILES string of the molecule is CSCCC(N)C(=O)NC(CO)C(=O)NC(C(=O)NC(Cc1c[nH]c2ccccc12)C(=O)O)C(C)O. The van der Waals surface area contributed by atoms with E-state index in [1.54, 1.807) is 12.3 Å². The first-order chi connectivity index (χ1) is 17.1. The number of rotatable bonds is 14. The van der Waals surface area contributed by atoms with Crippen molar-refractivity contribution in [2.24, 2.45) is 5.73 Å². The fourth-order valence-electron chi connectivity index (χ4n) is 3.49. The summed E-state index contributed by atoms with van der Waals surface area (Å²) in [6.07, 6.45) is 2.41. The molecular weight excluding hydrogens is 490 g/mol. The summed E-state index contributed by atoms with van der Waals surface area (Å²) < 4.78 is 0. The molecule has 0 bridgehead atoms. The van der Waals surface area contributed by atoms with E-state index in [-0.39, 0.29) is 6.42 Å². The molecule has 0 aliphatic heterocycles. The maximum absolute atomic E-state index is 12.9. The van der Waals surface area contributed by atoms with Crippen LogP contribution in [0.5, 0.6) is 0 Å². The largest absolute Gasteiger partial charge is 0.480 e. The first-order valence-electron chi connectivity index (χ1n) is 11.3. The van der Waals surface area contributed by atoms with E-state index in [9.17, 15) is 34.5 Å². The van der Waals surface area contributed by atoms with Crippen LogP contribution in [0.15, 0.2) is 30.5 Å². The first-order valence-corrected chi connectivity index (χ1v) is 12.7. The summed E-state index contributed by atoms with van der Waals surface area (Å²) in [5.74, 6) is -3.21. The van der Waals surface area contributed by atoms with E-state index in [1.807, 2.05) is 24.5 Å². The zero-order valence-corrected chi connectivity index (χ0v) is 20.9. The molecule has 0 fully saturated rings. The van der Waals surface area contributed by atoms with Crippen LogP contribution in [0, 0.1) is 0 Å². The molecule has 1 aromatic carbocycles. The molecule has 0 radical (unpaired) electrons. The second-order valence-corrected chi connectivity index (χ2v) is 9.31. The quantitative estimate of drug-likeness (QED) is 0.148. The van der Waals surface area contributed by atoms with Gasteiger partial charge in [0.25, 0.3) is 0 Å². The molecular formula is C23H33N5O7S. The fourth-order valence-corrected chi connectivity index (χ4v) is 3.98. The number of aromatic amines is 1. The van der Waals surface area contributed by atoms with Crippen LogP contribution in [-0.4, -0.2) is 92.9 Å². The summed E-state index contributed by atoms with van der Waals surface area (Å²) in [6, 6.07) is 2.07. The van der Waals surface area contributed by atoms with Gasteiger partial charge in [0.15, 0.2) is 0 Å². The van der Waals surface area contributed by atoms with Crippen LogP contribution in [0.3, 0.4) is 0 Å². The molecule has 0 saturated heterocycles. The molecule has 2 aromatic rings. The highest BCUT2D eigenvalue weighted by molar-refractivity contribution is 7.98. The van der Waals surface area contributed by atoms with Crippen molar-refractivity contribution < 1.29 is 34.5 Å². The van der Waals surface area contributed by atoms with Crippen molar-refractivity contribution in [2.45, 2.75) is 50.0 Å². The third-order valence-corrected chi connectivity index (χ3v) is 6.21. The lowest BCUT2D eigenvalue weighted by atomic mass is 10.0. The minimum absolute atomic E-state index is 0.0468. The molecule has 13 heteroatoms. The van der Waals surface area contributed by atoms with E-state index in [0.29, 0.717) is 17.7 Å². The predicted molar refractivity (Wildman–Crippen MR) is 135 cm³/mol. The molecule has 3 amide bonds. The van der Waals surface area contributed by atoms with E-state index in [1.165, 1.54) is 18.7 Å². The Morgan fingerprint density at radius 1 is 1.06 bits per heavy atom. The molecule has 5 unspecified atom stereocenters. The number of hydrogen-bond donors (Lipinski definition) is 8. The zero-order chi connectivity index (χ0) is 26.8. The van der Waals surface area contributed by atoms with Gasteiger partial charge in [0, 0.05) is 23.5 Å². The van der Waals surface area contributed by atoms with E-state index in [2.05, 4.69) is 20.9 Å². The number of carbonyl (C=O) groups excluding carboxylic acids is 3. The van der Waals surface area contributed by atoms with E-state index in [0.717, 1.165) is 10.9 Å². The Morgan fingerprint density at radius 3 is 2.33 bits per heavy atom. The van der Waals surface area contributed by atoms with Gasteiger partial charge in [0.1, 0.15) is 18.1 Å². The topological polar surface area (TPSA) is 207 Å². The number of aliphatic hydroxyl groups excluding tert-OH is 2. The lowest BCUT2D eigenvalue weighted by Crippen LogP contribution is -2.60. The average molecular weight is 524 g/mol. The third kappa shape index (κ3) is 7.95. The monoisotopic (exact) mass is 523 g/mol. The lowest BCUT2D eigenvalue weighted by Gasteiger charge is -2.26. The molecule has 2 rings (SSSR count). The Morgan fingerprint density at radius 2 is 1.72 bits per heavy atom. The number of carboxylic acid groups (broad SMARTS) is 1. The predicted octanol–water partition coefficient (Wildman–Crippen LogP) is -1.30. The van der Waals surface area contributed by atoms with Crippen LogP contribution in [-0.2, 0) is 25.6 Å². The number of para-hydroxylation sites is 1. The number of aliphatic carboxylic acids is 1. The average Bonchev–Trinajstić information content (AvgIpc) is 3.25. The first kappa shape index (κ1) is 29.1. The van der Waals surface area contributed by atoms with Crippen molar-refractivity contribution in [1.82, 2.24) is 20.9 Å². The van der Waals surface area contributed by atoms with E-state index in [4.69, 9.17) is 5.73 Å². The molecule has 0 saturated carbocycles. The number of hydrogen-bond acceptors (Lipinski definition) is 8. The Kier molecular flexibility index (Phi) is 11.2. The van der Waals surface area contributed by atoms with Gasteiger partial charge in [-0.3, -0.25) is 14.4 Å². The second-order valence-electron chi connectivity index (χ2n) is 8.32. The second kappa shape index (κ2) is 13.8. The highest BCUT2D eigenvalue weighted by atomic mass is 32.2. The molecule has 1 aromatic heterocycles. The minimum atomic E-state index is -1.54. The van der Waals surface area contributed by atoms with Gasteiger partial charge in [-0.15, -0.1) is 0 Å². The van der Waals surface area contributed by atoms with Gasteiger partial charge in [-0.1, -0.05) is 18.2 Å². The van der Waals surface area contributed by atoms with Crippen LogP contribution < -0.4 is 21.7 Å². The highest BCUT2D eigenvalue weighted by Crippen LogP contribution is 2.19. The summed E-state index contributed by atoms with van der Waals surface area (Å²) in [7, 11) is 0. The minimum Gasteiger partial charge on any atom is -0.480 e. The van der Waals surface area contributed by atoms with Crippen molar-refractivity contribution in [3.05, 3.63) is 36.0 Å². The number of fused-ring (bicyclic) bond motifs is 1. The van der Waals surface area contributed by atoms with Crippen LogP contribution in [0.25, 0.3) is 10.9 Å². The number of carboxylic acids is 1. The molecule has 12 nitrogen and oxygen atoms in total. The van der Waals surface area contributed by atoms with Gasteiger partial charge < -0.3 is 42.0 Å². The maximum Gasteiger partial charge on any atom is 0.326 e. The Hall–Kier alpha value is -3.13. The van der Waals surface area contributed by atoms with Crippen LogP contribution in [0.4, 0.5) is 0 Å². The van der Waals surface area contributed by atoms with E-state index < -0.39 is 60.6 Å². The van der Waals surface area contributed by atoms with Crippen molar-refractivity contribution in [1.29, 1.82) is 0 Å². The molecule has 0 aliphatic carbocycles. The Labute approximate surface area is 212 Å². The highest BCUT2D eigenvalue weighted by Gasteiger charge is 2.32. The van der Waals surface area contributed by atoms with Gasteiger partial charge in [-0.2, -0.15) is 11.8 Å². The Bertz CT molecular complexity index is 1060. The summed E-state index contributed by atoms with van der Waals surface area (Å²) in [4.78, 5) is 52.6. The van der Waals surface area contributed by atoms with Crippen molar-refractivity contribution in [2.75, 3.05) is 18.6 Å². The Balaban J connectivity index is 2.07. The number of carbonyl (C=O) groups is 4. The number of H-pyrrole nitrogens is 1.